The van der Waals surface area contributed by atoms with Crippen molar-refractivity contribution in [2.75, 3.05) is 7.11 Å². The Balaban J connectivity index is 2.64. The third kappa shape index (κ3) is 2.45. The first-order chi connectivity index (χ1) is 9.04. The monoisotopic (exact) mass is 256 g/mol. The molecule has 0 fully saturated rings. The minimum absolute atomic E-state index is 0.374. The summed E-state index contributed by atoms with van der Waals surface area (Å²) in [6.07, 6.45) is 0. The van der Waals surface area contributed by atoms with Crippen LogP contribution in [0.5, 0.6) is 11.5 Å². The molecule has 0 aliphatic heterocycles. The number of fused-ring (bicyclic) bond motifs is 1. The summed E-state index contributed by atoms with van der Waals surface area (Å²) in [4.78, 5) is 11.7. The van der Waals surface area contributed by atoms with Crippen molar-refractivity contribution in [1.29, 1.82) is 0 Å². The highest BCUT2D eigenvalue weighted by Gasteiger charge is 2.14. The van der Waals surface area contributed by atoms with Gasteiger partial charge in [-0.25, -0.2) is 4.79 Å². The number of aryl methyl sites for hydroxylation is 1. The van der Waals surface area contributed by atoms with E-state index < -0.39 is 5.97 Å². The number of rotatable bonds is 3. The highest BCUT2D eigenvalue weighted by molar-refractivity contribution is 5.98. The molecule has 2 aromatic rings. The van der Waals surface area contributed by atoms with Crippen molar-refractivity contribution in [3.8, 4) is 11.5 Å². The SMILES string of the molecule is C=C(C)C(=O)Oc1c(C)cc(OC)c2ccccc12. The molecule has 0 N–H and O–H groups in total. The number of methoxy groups -OCH3 is 1. The number of hydrogen-bond acceptors (Lipinski definition) is 3. The maximum Gasteiger partial charge on any atom is 0.338 e. The minimum Gasteiger partial charge on any atom is -0.496 e. The summed E-state index contributed by atoms with van der Waals surface area (Å²) in [5.41, 5.74) is 1.23. The van der Waals surface area contributed by atoms with Gasteiger partial charge < -0.3 is 9.47 Å². The molecule has 0 unspecified atom stereocenters. The summed E-state index contributed by atoms with van der Waals surface area (Å²) in [5.74, 6) is 0.908. The van der Waals surface area contributed by atoms with Crippen LogP contribution in [0.2, 0.25) is 0 Å². The lowest BCUT2D eigenvalue weighted by molar-refractivity contribution is -0.130. The van der Waals surface area contributed by atoms with E-state index >= 15 is 0 Å². The van der Waals surface area contributed by atoms with Gasteiger partial charge in [-0.05, 0) is 25.5 Å². The Labute approximate surface area is 112 Å². The van der Waals surface area contributed by atoms with Crippen LogP contribution in [0.3, 0.4) is 0 Å². The second kappa shape index (κ2) is 5.14. The molecule has 0 aliphatic rings. The van der Waals surface area contributed by atoms with Gasteiger partial charge in [0.15, 0.2) is 0 Å². The van der Waals surface area contributed by atoms with Crippen molar-refractivity contribution in [2.24, 2.45) is 0 Å². The number of hydrogen-bond donors (Lipinski definition) is 0. The van der Waals surface area contributed by atoms with Gasteiger partial charge in [0.05, 0.1) is 7.11 Å². The van der Waals surface area contributed by atoms with Gasteiger partial charge in [-0.1, -0.05) is 30.8 Å². The maximum atomic E-state index is 11.7. The lowest BCUT2D eigenvalue weighted by Gasteiger charge is -2.13. The van der Waals surface area contributed by atoms with Crippen molar-refractivity contribution in [3.05, 3.63) is 48.0 Å². The fourth-order valence-corrected chi connectivity index (χ4v) is 1.93. The average Bonchev–Trinajstić information content (AvgIpc) is 2.41. The topological polar surface area (TPSA) is 35.5 Å². The van der Waals surface area contributed by atoms with Crippen LogP contribution in [0.15, 0.2) is 42.5 Å². The van der Waals surface area contributed by atoms with Crippen LogP contribution in [0.4, 0.5) is 0 Å². The van der Waals surface area contributed by atoms with Crippen LogP contribution in [0.1, 0.15) is 12.5 Å². The molecule has 0 atom stereocenters. The third-order valence-electron chi connectivity index (χ3n) is 2.91. The minimum atomic E-state index is -0.418. The van der Waals surface area contributed by atoms with Gasteiger partial charge in [-0.15, -0.1) is 0 Å². The number of carbonyl (C=O) groups is 1. The smallest absolute Gasteiger partial charge is 0.338 e. The van der Waals surface area contributed by atoms with E-state index in [1.807, 2.05) is 37.3 Å². The summed E-state index contributed by atoms with van der Waals surface area (Å²) in [6, 6.07) is 9.53. The summed E-state index contributed by atoms with van der Waals surface area (Å²) >= 11 is 0. The van der Waals surface area contributed by atoms with E-state index in [0.29, 0.717) is 11.3 Å². The largest absolute Gasteiger partial charge is 0.496 e. The zero-order valence-electron chi connectivity index (χ0n) is 11.3. The van der Waals surface area contributed by atoms with Gasteiger partial charge in [0, 0.05) is 16.3 Å². The molecular formula is C16H16O3. The first-order valence-electron chi connectivity index (χ1n) is 5.98. The Morgan fingerprint density at radius 3 is 2.42 bits per heavy atom. The highest BCUT2D eigenvalue weighted by atomic mass is 16.5. The Hall–Kier alpha value is -2.29. The van der Waals surface area contributed by atoms with E-state index in [9.17, 15) is 4.79 Å². The molecule has 0 saturated heterocycles. The molecule has 0 radical (unpaired) electrons. The lowest BCUT2D eigenvalue weighted by Crippen LogP contribution is -2.09. The van der Waals surface area contributed by atoms with E-state index in [2.05, 4.69) is 6.58 Å². The molecule has 0 amide bonds. The molecule has 0 bridgehead atoms. The number of carbonyl (C=O) groups excluding carboxylic acids is 1. The zero-order valence-corrected chi connectivity index (χ0v) is 11.3. The fraction of sp³-hybridized carbons (Fsp3) is 0.188. The second-order valence-corrected chi connectivity index (χ2v) is 4.44. The van der Waals surface area contributed by atoms with Crippen LogP contribution in [-0.4, -0.2) is 13.1 Å². The molecule has 2 aromatic carbocycles. The molecule has 0 heterocycles. The Morgan fingerprint density at radius 1 is 1.21 bits per heavy atom. The third-order valence-corrected chi connectivity index (χ3v) is 2.91. The normalized spacial score (nSPS) is 10.3. The van der Waals surface area contributed by atoms with Crippen molar-refractivity contribution < 1.29 is 14.3 Å². The number of benzene rings is 2. The lowest BCUT2D eigenvalue weighted by atomic mass is 10.0. The van der Waals surface area contributed by atoms with E-state index in [0.717, 1.165) is 22.1 Å². The van der Waals surface area contributed by atoms with Crippen LogP contribution in [0.25, 0.3) is 10.8 Å². The summed E-state index contributed by atoms with van der Waals surface area (Å²) in [7, 11) is 1.63. The van der Waals surface area contributed by atoms with E-state index in [4.69, 9.17) is 9.47 Å². The molecule has 2 rings (SSSR count). The number of ether oxygens (including phenoxy) is 2. The molecule has 0 saturated carbocycles. The fourth-order valence-electron chi connectivity index (χ4n) is 1.93. The van der Waals surface area contributed by atoms with Gasteiger partial charge in [-0.2, -0.15) is 0 Å². The molecule has 0 spiro atoms. The van der Waals surface area contributed by atoms with Crippen LogP contribution in [0, 0.1) is 6.92 Å². The molecule has 0 aliphatic carbocycles. The zero-order chi connectivity index (χ0) is 14.0. The quantitative estimate of drug-likeness (QED) is 0.478. The van der Waals surface area contributed by atoms with Gasteiger partial charge in [-0.3, -0.25) is 0 Å². The Morgan fingerprint density at radius 2 is 1.84 bits per heavy atom. The highest BCUT2D eigenvalue weighted by Crippen LogP contribution is 2.36. The Kier molecular flexibility index (Phi) is 3.56. The van der Waals surface area contributed by atoms with Crippen LogP contribution >= 0.6 is 0 Å². The van der Waals surface area contributed by atoms with E-state index in [1.54, 1.807) is 14.0 Å². The van der Waals surface area contributed by atoms with Crippen LogP contribution in [-0.2, 0) is 4.79 Å². The summed E-state index contributed by atoms with van der Waals surface area (Å²) in [6.45, 7) is 7.11. The maximum absolute atomic E-state index is 11.7. The molecular weight excluding hydrogens is 240 g/mol. The van der Waals surface area contributed by atoms with Crippen molar-refractivity contribution in [2.45, 2.75) is 13.8 Å². The standard InChI is InChI=1S/C16H16O3/c1-10(2)16(17)19-15-11(3)9-14(18-4)12-7-5-6-8-13(12)15/h5-9H,1H2,2-4H3. The van der Waals surface area contributed by atoms with E-state index in [-0.39, 0.29) is 0 Å². The van der Waals surface area contributed by atoms with Crippen molar-refractivity contribution in [3.63, 3.8) is 0 Å². The van der Waals surface area contributed by atoms with Crippen molar-refractivity contribution >= 4 is 16.7 Å². The van der Waals surface area contributed by atoms with E-state index in [1.165, 1.54) is 0 Å². The molecule has 0 aromatic heterocycles. The number of esters is 1. The molecule has 19 heavy (non-hydrogen) atoms. The summed E-state index contributed by atoms with van der Waals surface area (Å²) in [5, 5.41) is 1.77. The summed E-state index contributed by atoms with van der Waals surface area (Å²) < 4.78 is 10.8. The van der Waals surface area contributed by atoms with Gasteiger partial charge in [0.25, 0.3) is 0 Å². The van der Waals surface area contributed by atoms with Gasteiger partial charge in [0.1, 0.15) is 11.5 Å². The molecule has 3 heteroatoms. The predicted molar refractivity (Wildman–Crippen MR) is 75.7 cm³/mol. The molecule has 98 valence electrons. The first-order valence-corrected chi connectivity index (χ1v) is 5.98. The van der Waals surface area contributed by atoms with Crippen molar-refractivity contribution in [1.82, 2.24) is 0 Å². The predicted octanol–water partition coefficient (Wildman–Crippen LogP) is 3.64. The van der Waals surface area contributed by atoms with Crippen LogP contribution < -0.4 is 9.47 Å². The first kappa shape index (κ1) is 13.1. The Bertz CT molecular complexity index is 656. The second-order valence-electron chi connectivity index (χ2n) is 4.44. The average molecular weight is 256 g/mol. The van der Waals surface area contributed by atoms with Gasteiger partial charge >= 0.3 is 5.97 Å². The molecule has 3 nitrogen and oxygen atoms in total. The van der Waals surface area contributed by atoms with Gasteiger partial charge in [0.2, 0.25) is 0 Å².